The number of rotatable bonds is 5. The van der Waals surface area contributed by atoms with Crippen LogP contribution in [0.5, 0.6) is 5.75 Å². The van der Waals surface area contributed by atoms with Gasteiger partial charge in [-0.25, -0.2) is 4.79 Å². The Hall–Kier alpha value is -3.24. The third kappa shape index (κ3) is 4.59. The van der Waals surface area contributed by atoms with Crippen molar-refractivity contribution in [1.82, 2.24) is 0 Å². The lowest BCUT2D eigenvalue weighted by molar-refractivity contribution is -0.136. The molecule has 31 heavy (non-hydrogen) atoms. The van der Waals surface area contributed by atoms with Gasteiger partial charge in [-0.2, -0.15) is 5.26 Å². The largest absolute Gasteiger partial charge is 0.489 e. The number of aryl methyl sites for hydroxylation is 2. The number of esters is 1. The molecule has 2 aromatic rings. The molecule has 2 aromatic carbocycles. The molecule has 1 atom stereocenters. The van der Waals surface area contributed by atoms with Gasteiger partial charge >= 0.3 is 5.97 Å². The van der Waals surface area contributed by atoms with Gasteiger partial charge < -0.3 is 19.9 Å². The molecule has 0 saturated carbocycles. The van der Waals surface area contributed by atoms with Crippen LogP contribution < -0.4 is 10.5 Å². The van der Waals surface area contributed by atoms with Crippen molar-refractivity contribution in [2.75, 3.05) is 7.11 Å². The fourth-order valence-corrected chi connectivity index (χ4v) is 3.91. The summed E-state index contributed by atoms with van der Waals surface area (Å²) in [6.45, 7) is 5.91. The molecule has 7 heteroatoms. The summed E-state index contributed by atoms with van der Waals surface area (Å²) < 4.78 is 17.4. The number of benzene rings is 2. The molecule has 3 rings (SSSR count). The SMILES string of the molecule is COC(=O)C1=C(C)OC(N)=C(C#N)[C@@H]1c1cc(COc2ccc(Br)cc2)c(C)cc1C. The van der Waals surface area contributed by atoms with Crippen LogP contribution in [0.4, 0.5) is 0 Å². The topological polar surface area (TPSA) is 94.6 Å². The molecule has 160 valence electrons. The third-order valence-electron chi connectivity index (χ3n) is 5.25. The molecule has 1 aliphatic rings. The average Bonchev–Trinajstić information content (AvgIpc) is 2.73. The highest BCUT2D eigenvalue weighted by molar-refractivity contribution is 9.10. The van der Waals surface area contributed by atoms with Crippen molar-refractivity contribution in [2.24, 2.45) is 5.73 Å². The number of carbonyl (C=O) groups excluding carboxylic acids is 1. The summed E-state index contributed by atoms with van der Waals surface area (Å²) in [6.07, 6.45) is 0. The second-order valence-corrected chi connectivity index (χ2v) is 8.18. The standard InChI is InChI=1S/C24H23BrN2O4/c1-13-9-14(2)19(10-16(13)12-30-18-7-5-17(25)6-8-18)22-20(11-26)23(27)31-15(3)21(22)24(28)29-4/h5-10,22H,12,27H2,1-4H3/t22-/m0/s1. The summed E-state index contributed by atoms with van der Waals surface area (Å²) in [4.78, 5) is 12.6. The molecule has 0 bridgehead atoms. The van der Waals surface area contributed by atoms with Gasteiger partial charge in [0.05, 0.1) is 18.6 Å². The fraction of sp³-hybridized carbons (Fsp3) is 0.250. The maximum Gasteiger partial charge on any atom is 0.338 e. The van der Waals surface area contributed by atoms with Gasteiger partial charge in [0, 0.05) is 4.47 Å². The molecule has 2 N–H and O–H groups in total. The third-order valence-corrected chi connectivity index (χ3v) is 5.78. The minimum Gasteiger partial charge on any atom is -0.489 e. The van der Waals surface area contributed by atoms with Crippen LogP contribution in [0.1, 0.15) is 35.1 Å². The molecule has 0 fully saturated rings. The number of hydrogen-bond donors (Lipinski definition) is 1. The Morgan fingerprint density at radius 2 is 1.87 bits per heavy atom. The summed E-state index contributed by atoms with van der Waals surface area (Å²) in [6, 6.07) is 13.7. The zero-order valence-corrected chi connectivity index (χ0v) is 19.4. The lowest BCUT2D eigenvalue weighted by atomic mass is 9.80. The van der Waals surface area contributed by atoms with E-state index in [-0.39, 0.29) is 17.0 Å². The van der Waals surface area contributed by atoms with Crippen LogP contribution >= 0.6 is 15.9 Å². The number of halogens is 1. The molecule has 0 aromatic heterocycles. The Morgan fingerprint density at radius 1 is 1.19 bits per heavy atom. The Balaban J connectivity index is 2.06. The first kappa shape index (κ1) is 22.4. The number of nitrogens with zero attached hydrogens (tertiary/aromatic N) is 1. The van der Waals surface area contributed by atoms with Gasteiger partial charge in [-0.1, -0.05) is 28.1 Å². The molecule has 0 radical (unpaired) electrons. The van der Waals surface area contributed by atoms with Crippen molar-refractivity contribution < 1.29 is 19.0 Å². The van der Waals surface area contributed by atoms with Gasteiger partial charge in [0.1, 0.15) is 29.8 Å². The first-order chi connectivity index (χ1) is 14.8. The Bertz CT molecular complexity index is 1130. The first-order valence-electron chi connectivity index (χ1n) is 9.61. The van der Waals surface area contributed by atoms with Crippen LogP contribution in [0.3, 0.4) is 0 Å². The Kier molecular flexibility index (Phi) is 6.71. The van der Waals surface area contributed by atoms with E-state index in [2.05, 4.69) is 22.0 Å². The summed E-state index contributed by atoms with van der Waals surface area (Å²) >= 11 is 3.41. The molecule has 6 nitrogen and oxygen atoms in total. The molecule has 1 heterocycles. The van der Waals surface area contributed by atoms with Crippen molar-refractivity contribution in [3.05, 3.63) is 85.9 Å². The number of methoxy groups -OCH3 is 1. The van der Waals surface area contributed by atoms with Gasteiger partial charge in [0.2, 0.25) is 5.88 Å². The number of allylic oxidation sites excluding steroid dienone is 2. The van der Waals surface area contributed by atoms with Crippen molar-refractivity contribution in [1.29, 1.82) is 5.26 Å². The van der Waals surface area contributed by atoms with Gasteiger partial charge in [0.25, 0.3) is 0 Å². The summed E-state index contributed by atoms with van der Waals surface area (Å²) in [7, 11) is 1.30. The van der Waals surface area contributed by atoms with Crippen LogP contribution in [-0.4, -0.2) is 13.1 Å². The first-order valence-corrected chi connectivity index (χ1v) is 10.4. The van der Waals surface area contributed by atoms with Gasteiger partial charge in [-0.3, -0.25) is 0 Å². The highest BCUT2D eigenvalue weighted by Crippen LogP contribution is 2.41. The normalized spacial score (nSPS) is 15.9. The van der Waals surface area contributed by atoms with E-state index in [0.29, 0.717) is 12.4 Å². The van der Waals surface area contributed by atoms with Crippen molar-refractivity contribution in [2.45, 2.75) is 33.3 Å². The molecular weight excluding hydrogens is 460 g/mol. The van der Waals surface area contributed by atoms with Crippen LogP contribution in [-0.2, 0) is 20.9 Å². The minimum absolute atomic E-state index is 0.00899. The van der Waals surface area contributed by atoms with Crippen molar-refractivity contribution in [3.8, 4) is 11.8 Å². The van der Waals surface area contributed by atoms with Crippen molar-refractivity contribution >= 4 is 21.9 Å². The summed E-state index contributed by atoms with van der Waals surface area (Å²) in [5.41, 5.74) is 10.1. The zero-order chi connectivity index (χ0) is 22.7. The number of carbonyl (C=O) groups is 1. The van der Waals surface area contributed by atoms with Crippen LogP contribution in [0.15, 0.2) is 63.7 Å². The highest BCUT2D eigenvalue weighted by Gasteiger charge is 2.37. The van der Waals surface area contributed by atoms with E-state index in [0.717, 1.165) is 32.5 Å². The second kappa shape index (κ2) is 9.27. The smallest absolute Gasteiger partial charge is 0.338 e. The van der Waals surface area contributed by atoms with Gasteiger partial charge in [-0.05, 0) is 67.3 Å². The lowest BCUT2D eigenvalue weighted by Crippen LogP contribution is -2.25. The van der Waals surface area contributed by atoms with E-state index >= 15 is 0 Å². The molecule has 0 saturated heterocycles. The van der Waals surface area contributed by atoms with E-state index in [4.69, 9.17) is 19.9 Å². The predicted molar refractivity (Wildman–Crippen MR) is 120 cm³/mol. The quantitative estimate of drug-likeness (QED) is 0.608. The van der Waals surface area contributed by atoms with Gasteiger partial charge in [0.15, 0.2) is 0 Å². The van der Waals surface area contributed by atoms with E-state index in [9.17, 15) is 10.1 Å². The number of hydrogen-bond acceptors (Lipinski definition) is 6. The molecule has 0 aliphatic carbocycles. The fourth-order valence-electron chi connectivity index (χ4n) is 3.64. The Morgan fingerprint density at radius 3 is 2.48 bits per heavy atom. The zero-order valence-electron chi connectivity index (χ0n) is 17.8. The Labute approximate surface area is 190 Å². The molecule has 0 spiro atoms. The summed E-state index contributed by atoms with van der Waals surface area (Å²) in [5, 5.41) is 9.77. The molecule has 1 aliphatic heterocycles. The van der Waals surface area contributed by atoms with Crippen LogP contribution in [0.2, 0.25) is 0 Å². The average molecular weight is 483 g/mol. The minimum atomic E-state index is -0.682. The van der Waals surface area contributed by atoms with E-state index in [1.165, 1.54) is 7.11 Å². The maximum atomic E-state index is 12.6. The number of nitrogens with two attached hydrogens (primary N) is 1. The molecular formula is C24H23BrN2O4. The molecule has 0 unspecified atom stereocenters. The molecule has 0 amide bonds. The number of nitriles is 1. The second-order valence-electron chi connectivity index (χ2n) is 7.26. The van der Waals surface area contributed by atoms with Crippen LogP contribution in [0.25, 0.3) is 0 Å². The van der Waals surface area contributed by atoms with Crippen molar-refractivity contribution in [3.63, 3.8) is 0 Å². The van der Waals surface area contributed by atoms with E-state index in [1.807, 2.05) is 50.2 Å². The maximum absolute atomic E-state index is 12.6. The van der Waals surface area contributed by atoms with E-state index < -0.39 is 11.9 Å². The number of ether oxygens (including phenoxy) is 3. The lowest BCUT2D eigenvalue weighted by Gasteiger charge is -2.28. The van der Waals surface area contributed by atoms with E-state index in [1.54, 1.807) is 6.92 Å². The predicted octanol–water partition coefficient (Wildman–Crippen LogP) is 4.90. The summed E-state index contributed by atoms with van der Waals surface area (Å²) in [5.74, 6) is -0.191. The highest BCUT2D eigenvalue weighted by atomic mass is 79.9. The van der Waals surface area contributed by atoms with Crippen LogP contribution in [0, 0.1) is 25.2 Å². The van der Waals surface area contributed by atoms with Gasteiger partial charge in [-0.15, -0.1) is 0 Å². The monoisotopic (exact) mass is 482 g/mol.